The maximum Gasteiger partial charge on any atom is 0.338 e. The molecule has 0 aliphatic rings. The molecule has 0 unspecified atom stereocenters. The first kappa shape index (κ1) is 20.6. The van der Waals surface area contributed by atoms with Crippen molar-refractivity contribution in [2.24, 2.45) is 0 Å². The summed E-state index contributed by atoms with van der Waals surface area (Å²) in [7, 11) is -2.54. The lowest BCUT2D eigenvalue weighted by molar-refractivity contribution is -0.116. The van der Waals surface area contributed by atoms with E-state index in [1.54, 1.807) is 19.1 Å². The van der Waals surface area contributed by atoms with Gasteiger partial charge >= 0.3 is 5.97 Å². The number of anilines is 1. The lowest BCUT2D eigenvalue weighted by atomic mass is 10.2. The van der Waals surface area contributed by atoms with Crippen molar-refractivity contribution in [3.63, 3.8) is 0 Å². The first-order chi connectivity index (χ1) is 12.7. The normalized spacial score (nSPS) is 11.3. The third-order valence-corrected chi connectivity index (χ3v) is 5.59. The number of benzene rings is 2. The highest BCUT2D eigenvalue weighted by molar-refractivity contribution is 7.89. The molecule has 8 heteroatoms. The fourth-order valence-corrected chi connectivity index (χ4v) is 3.41. The van der Waals surface area contributed by atoms with E-state index >= 15 is 0 Å². The summed E-state index contributed by atoms with van der Waals surface area (Å²) < 4.78 is 31.0. The number of likely N-dealkylation sites (N-methyl/N-ethyl adjacent to an activating group) is 1. The Morgan fingerprint density at radius 1 is 1.04 bits per heavy atom. The van der Waals surface area contributed by atoms with Crippen LogP contribution in [-0.4, -0.2) is 44.8 Å². The molecule has 144 valence electrons. The van der Waals surface area contributed by atoms with Crippen LogP contribution < -0.4 is 5.32 Å². The number of hydrogen-bond donors (Lipinski definition) is 1. The van der Waals surface area contributed by atoms with Crippen LogP contribution in [0.2, 0.25) is 0 Å². The number of sulfonamides is 1. The molecule has 0 atom stereocenters. The zero-order valence-electron chi connectivity index (χ0n) is 15.4. The van der Waals surface area contributed by atoms with Gasteiger partial charge in [-0.1, -0.05) is 17.7 Å². The van der Waals surface area contributed by atoms with Crippen molar-refractivity contribution in [2.75, 3.05) is 25.5 Å². The number of esters is 1. The Morgan fingerprint density at radius 3 is 2.19 bits per heavy atom. The summed E-state index contributed by atoms with van der Waals surface area (Å²) in [5, 5.41) is 2.66. The third kappa shape index (κ3) is 5.38. The number of rotatable bonds is 7. The molecule has 2 aromatic carbocycles. The lowest BCUT2D eigenvalue weighted by Gasteiger charge is -2.17. The Morgan fingerprint density at radius 2 is 1.63 bits per heavy atom. The van der Waals surface area contributed by atoms with Crippen LogP contribution in [0, 0.1) is 6.92 Å². The number of carbonyl (C=O) groups excluding carboxylic acids is 2. The molecule has 1 N–H and O–H groups in total. The molecule has 0 aliphatic carbocycles. The van der Waals surface area contributed by atoms with E-state index in [-0.39, 0.29) is 23.6 Å². The summed E-state index contributed by atoms with van der Waals surface area (Å²) in [6.07, 6.45) is 0. The van der Waals surface area contributed by atoms with Crippen molar-refractivity contribution in [3.8, 4) is 0 Å². The third-order valence-electron chi connectivity index (χ3n) is 3.78. The Bertz CT molecular complexity index is 906. The average Bonchev–Trinajstić information content (AvgIpc) is 2.63. The number of nitrogens with zero attached hydrogens (tertiary/aromatic N) is 1. The van der Waals surface area contributed by atoms with E-state index in [1.807, 2.05) is 19.1 Å². The van der Waals surface area contributed by atoms with Crippen molar-refractivity contribution >= 4 is 27.6 Å². The van der Waals surface area contributed by atoms with E-state index < -0.39 is 21.9 Å². The second-order valence-electron chi connectivity index (χ2n) is 5.92. The van der Waals surface area contributed by atoms with Crippen LogP contribution in [0.5, 0.6) is 0 Å². The quantitative estimate of drug-likeness (QED) is 0.733. The highest BCUT2D eigenvalue weighted by Crippen LogP contribution is 2.16. The van der Waals surface area contributed by atoms with E-state index in [1.165, 1.54) is 31.3 Å². The number of carbonyl (C=O) groups is 2. The van der Waals surface area contributed by atoms with E-state index in [9.17, 15) is 18.0 Å². The molecule has 0 heterocycles. The molecule has 0 saturated carbocycles. The van der Waals surface area contributed by atoms with Crippen molar-refractivity contribution in [2.45, 2.75) is 18.7 Å². The summed E-state index contributed by atoms with van der Waals surface area (Å²) in [5.41, 5.74) is 1.91. The number of ether oxygens (including phenoxy) is 1. The van der Waals surface area contributed by atoms with Crippen LogP contribution in [0.3, 0.4) is 0 Å². The van der Waals surface area contributed by atoms with Gasteiger partial charge in [0.05, 0.1) is 23.6 Å². The van der Waals surface area contributed by atoms with Gasteiger partial charge in [-0.2, -0.15) is 4.31 Å². The van der Waals surface area contributed by atoms with Crippen LogP contribution >= 0.6 is 0 Å². The van der Waals surface area contributed by atoms with Gasteiger partial charge in [0.25, 0.3) is 0 Å². The monoisotopic (exact) mass is 390 g/mol. The lowest BCUT2D eigenvalue weighted by Crippen LogP contribution is -2.35. The topological polar surface area (TPSA) is 92.8 Å². The summed E-state index contributed by atoms with van der Waals surface area (Å²) in [5.74, 6) is -0.972. The van der Waals surface area contributed by atoms with Gasteiger partial charge in [-0.05, 0) is 50.2 Å². The van der Waals surface area contributed by atoms with Crippen molar-refractivity contribution in [1.29, 1.82) is 0 Å². The molecule has 1 amide bonds. The molecule has 0 radical (unpaired) electrons. The molecule has 0 aromatic heterocycles. The molecular weight excluding hydrogens is 368 g/mol. The Hall–Kier alpha value is -2.71. The highest BCUT2D eigenvalue weighted by atomic mass is 32.2. The standard InChI is InChI=1S/C19H22N2O5S/c1-4-26-19(23)15-7-11-17(12-8-15)27(24,25)21(3)13-18(22)20-16-9-5-14(2)6-10-16/h5-12H,4,13H2,1-3H3,(H,20,22). The van der Waals surface area contributed by atoms with E-state index in [4.69, 9.17) is 4.74 Å². The van der Waals surface area contributed by atoms with Crippen LogP contribution in [0.15, 0.2) is 53.4 Å². The number of amides is 1. The largest absolute Gasteiger partial charge is 0.462 e. The SMILES string of the molecule is CCOC(=O)c1ccc(S(=O)(=O)N(C)CC(=O)Nc2ccc(C)cc2)cc1. The van der Waals surface area contributed by atoms with E-state index in [0.717, 1.165) is 9.87 Å². The van der Waals surface area contributed by atoms with Crippen LogP contribution in [0.25, 0.3) is 0 Å². The maximum absolute atomic E-state index is 12.6. The molecule has 2 aromatic rings. The summed E-state index contributed by atoms with van der Waals surface area (Å²) in [6.45, 7) is 3.51. The first-order valence-corrected chi connectivity index (χ1v) is 9.78. The second kappa shape index (κ2) is 8.79. The first-order valence-electron chi connectivity index (χ1n) is 8.34. The molecule has 0 aliphatic heterocycles. The van der Waals surface area contributed by atoms with Crippen molar-refractivity contribution in [1.82, 2.24) is 4.31 Å². The zero-order chi connectivity index (χ0) is 20.0. The fraction of sp³-hybridized carbons (Fsp3) is 0.263. The summed E-state index contributed by atoms with van der Waals surface area (Å²) in [4.78, 5) is 23.8. The van der Waals surface area contributed by atoms with Crippen molar-refractivity contribution in [3.05, 3.63) is 59.7 Å². The van der Waals surface area contributed by atoms with Gasteiger partial charge in [0, 0.05) is 12.7 Å². The smallest absolute Gasteiger partial charge is 0.338 e. The number of nitrogens with one attached hydrogen (secondary N) is 1. The molecule has 0 fully saturated rings. The second-order valence-corrected chi connectivity index (χ2v) is 7.97. The predicted octanol–water partition coefficient (Wildman–Crippen LogP) is 2.43. The van der Waals surface area contributed by atoms with Gasteiger partial charge in [-0.15, -0.1) is 0 Å². The van der Waals surface area contributed by atoms with Gasteiger partial charge in [0.2, 0.25) is 15.9 Å². The maximum atomic E-state index is 12.6. The number of hydrogen-bond acceptors (Lipinski definition) is 5. The van der Waals surface area contributed by atoms with Crippen molar-refractivity contribution < 1.29 is 22.7 Å². The van der Waals surface area contributed by atoms with Gasteiger partial charge in [-0.3, -0.25) is 4.79 Å². The molecule has 0 spiro atoms. The zero-order valence-corrected chi connectivity index (χ0v) is 16.2. The molecule has 2 rings (SSSR count). The minimum absolute atomic E-state index is 0.0128. The van der Waals surface area contributed by atoms with Crippen LogP contribution in [0.4, 0.5) is 5.69 Å². The molecule has 7 nitrogen and oxygen atoms in total. The van der Waals surface area contributed by atoms with Gasteiger partial charge in [0.1, 0.15) is 0 Å². The summed E-state index contributed by atoms with van der Waals surface area (Å²) >= 11 is 0. The minimum Gasteiger partial charge on any atom is -0.462 e. The average molecular weight is 390 g/mol. The van der Waals surface area contributed by atoms with Gasteiger partial charge < -0.3 is 10.1 Å². The molecule has 27 heavy (non-hydrogen) atoms. The van der Waals surface area contributed by atoms with E-state index in [0.29, 0.717) is 5.69 Å². The minimum atomic E-state index is -3.87. The fourth-order valence-electron chi connectivity index (χ4n) is 2.28. The van der Waals surface area contributed by atoms with Gasteiger partial charge in [0.15, 0.2) is 0 Å². The molecule has 0 saturated heterocycles. The Kier molecular flexibility index (Phi) is 6.70. The molecular formula is C19H22N2O5S. The Labute approximate surface area is 159 Å². The number of aryl methyl sites for hydroxylation is 1. The van der Waals surface area contributed by atoms with E-state index in [2.05, 4.69) is 5.32 Å². The van der Waals surface area contributed by atoms with Crippen LogP contribution in [-0.2, 0) is 19.6 Å². The highest BCUT2D eigenvalue weighted by Gasteiger charge is 2.23. The Balaban J connectivity index is 2.05. The molecule has 0 bridgehead atoms. The van der Waals surface area contributed by atoms with Gasteiger partial charge in [-0.25, -0.2) is 13.2 Å². The predicted molar refractivity (Wildman–Crippen MR) is 102 cm³/mol. The van der Waals surface area contributed by atoms with Crippen LogP contribution in [0.1, 0.15) is 22.8 Å². The summed E-state index contributed by atoms with van der Waals surface area (Å²) in [6, 6.07) is 12.6.